The molecular formula is C25H26ClF2N5O6S2. The first-order valence-electron chi connectivity index (χ1n) is 12.1. The molecule has 0 saturated carbocycles. The monoisotopic (exact) mass is 629 g/mol. The summed E-state index contributed by atoms with van der Waals surface area (Å²) in [6.45, 7) is 2.29. The highest BCUT2D eigenvalue weighted by Gasteiger charge is 2.36. The van der Waals surface area contributed by atoms with Crippen LogP contribution in [-0.2, 0) is 27.1 Å². The zero-order valence-electron chi connectivity index (χ0n) is 22.1. The van der Waals surface area contributed by atoms with Crippen LogP contribution in [0.4, 0.5) is 14.5 Å². The second kappa shape index (κ2) is 11.8. The molecule has 1 atom stereocenters. The molecule has 3 aromatic rings. The summed E-state index contributed by atoms with van der Waals surface area (Å²) in [6, 6.07) is 7.01. The van der Waals surface area contributed by atoms with Crippen LogP contribution in [0, 0.1) is 0 Å². The van der Waals surface area contributed by atoms with Gasteiger partial charge in [-0.1, -0.05) is 17.7 Å². The number of pyridine rings is 1. The Labute approximate surface area is 242 Å². The van der Waals surface area contributed by atoms with Gasteiger partial charge in [-0.05, 0) is 44.0 Å². The van der Waals surface area contributed by atoms with Gasteiger partial charge in [-0.25, -0.2) is 26.9 Å². The maximum absolute atomic E-state index is 13.6. The smallest absolute Gasteiger partial charge is 0.274 e. The first-order valence-corrected chi connectivity index (χ1v) is 15.9. The summed E-state index contributed by atoms with van der Waals surface area (Å²) < 4.78 is 69.3. The van der Waals surface area contributed by atoms with E-state index in [1.807, 2.05) is 0 Å². The minimum Gasteiger partial charge on any atom is -0.471 e. The van der Waals surface area contributed by atoms with Gasteiger partial charge in [-0.2, -0.15) is 0 Å². The van der Waals surface area contributed by atoms with E-state index in [1.165, 1.54) is 36.7 Å². The molecule has 1 aliphatic heterocycles. The third-order valence-electron chi connectivity index (χ3n) is 5.90. The van der Waals surface area contributed by atoms with Crippen LogP contribution >= 0.6 is 11.6 Å². The number of ether oxygens (including phenoxy) is 1. The van der Waals surface area contributed by atoms with Gasteiger partial charge in [0, 0.05) is 40.6 Å². The van der Waals surface area contributed by atoms with Crippen LogP contribution in [0.2, 0.25) is 5.02 Å². The van der Waals surface area contributed by atoms with Gasteiger partial charge in [-0.15, -0.1) is 5.10 Å². The number of hydrogen-bond acceptors (Lipinski definition) is 8. The number of halogens is 3. The number of nitrogens with zero attached hydrogens (tertiary/aromatic N) is 3. The maximum atomic E-state index is 13.6. The number of hydrogen-bond donors (Lipinski definition) is 2. The van der Waals surface area contributed by atoms with Crippen LogP contribution in [0.1, 0.15) is 40.3 Å². The molecule has 0 bridgehead atoms. The van der Waals surface area contributed by atoms with Crippen LogP contribution in [0.25, 0.3) is 5.82 Å². The van der Waals surface area contributed by atoms with Crippen molar-refractivity contribution >= 4 is 49.7 Å². The molecule has 2 amide bonds. The fourth-order valence-electron chi connectivity index (χ4n) is 4.39. The molecule has 1 unspecified atom stereocenters. The first kappa shape index (κ1) is 30.5. The second-order valence-corrected chi connectivity index (χ2v) is 13.7. The number of anilines is 1. The summed E-state index contributed by atoms with van der Waals surface area (Å²) in [5.74, 6) is -2.12. The van der Waals surface area contributed by atoms with E-state index in [-0.39, 0.29) is 56.5 Å². The van der Waals surface area contributed by atoms with E-state index in [9.17, 15) is 31.0 Å². The predicted octanol–water partition coefficient (Wildman–Crippen LogP) is 3.03. The van der Waals surface area contributed by atoms with Crippen molar-refractivity contribution in [3.05, 3.63) is 58.4 Å². The summed E-state index contributed by atoms with van der Waals surface area (Å²) in [5, 5.41) is 9.39. The third kappa shape index (κ3) is 6.90. The average molecular weight is 630 g/mol. The van der Waals surface area contributed by atoms with Crippen molar-refractivity contribution in [3.8, 4) is 11.7 Å². The fraction of sp³-hybridized carbons (Fsp3) is 0.360. The number of carbonyl (C=O) groups excluding carboxylic acids is 2. The van der Waals surface area contributed by atoms with Gasteiger partial charge >= 0.3 is 0 Å². The Balaban J connectivity index is 1.78. The maximum Gasteiger partial charge on any atom is 0.274 e. The van der Waals surface area contributed by atoms with Gasteiger partial charge < -0.3 is 15.4 Å². The van der Waals surface area contributed by atoms with E-state index >= 15 is 0 Å². The number of alkyl halides is 2. The number of carbonyl (C=O) groups is 2. The van der Waals surface area contributed by atoms with Crippen LogP contribution in [-0.4, -0.2) is 75.5 Å². The summed E-state index contributed by atoms with van der Waals surface area (Å²) in [6.07, 6.45) is 0.230. The molecule has 0 aliphatic carbocycles. The normalized spacial score (nSPS) is 14.9. The van der Waals surface area contributed by atoms with Crippen molar-refractivity contribution in [1.29, 1.82) is 0 Å². The number of sulfone groups is 1. The molecule has 0 radical (unpaired) electrons. The van der Waals surface area contributed by atoms with E-state index in [4.69, 9.17) is 16.3 Å². The Morgan fingerprint density at radius 3 is 2.63 bits per heavy atom. The molecule has 1 aromatic carbocycles. The van der Waals surface area contributed by atoms with E-state index in [1.54, 1.807) is 13.8 Å². The zero-order valence-corrected chi connectivity index (χ0v) is 24.5. The lowest BCUT2D eigenvalue weighted by molar-refractivity contribution is 0.0793. The van der Waals surface area contributed by atoms with Gasteiger partial charge in [0.15, 0.2) is 22.3 Å². The van der Waals surface area contributed by atoms with Crippen molar-refractivity contribution in [2.45, 2.75) is 37.1 Å². The molecule has 4 rings (SSSR count). The molecule has 41 heavy (non-hydrogen) atoms. The highest BCUT2D eigenvalue weighted by molar-refractivity contribution is 7.91. The minimum absolute atomic E-state index is 0.00460. The average Bonchev–Trinajstić information content (AvgIpc) is 3.42. The van der Waals surface area contributed by atoms with Crippen molar-refractivity contribution in [2.75, 3.05) is 29.7 Å². The Kier molecular flexibility index (Phi) is 8.80. The lowest BCUT2D eigenvalue weighted by Gasteiger charge is -2.26. The number of nitrogens with one attached hydrogen (secondary N) is 2. The Hall–Kier alpha value is -3.43. The standard InChI is InChI=1S/C25H26ClF2N5O6S2/c1-25(2,13-40(3)36)31-24(35)20-16(7-6-14-8-10-41(37,38)21(14)20)30-23(34)17-11-19(39-12-18(27)28)32-33(17)22-15(26)5-4-9-29-22/h4-7,9,11,18H,8,10,12-13H2,1-3H3,(H,30,34)(H,31,35). The van der Waals surface area contributed by atoms with E-state index in [0.717, 1.165) is 10.7 Å². The fourth-order valence-corrected chi connectivity index (χ4v) is 7.46. The molecular weight excluding hydrogens is 604 g/mol. The zero-order chi connectivity index (χ0) is 30.1. The molecule has 11 nitrogen and oxygen atoms in total. The molecule has 220 valence electrons. The van der Waals surface area contributed by atoms with Crippen molar-refractivity contribution in [2.24, 2.45) is 0 Å². The lowest BCUT2D eigenvalue weighted by Crippen LogP contribution is -2.47. The molecule has 16 heteroatoms. The quantitative estimate of drug-likeness (QED) is 0.348. The molecule has 0 saturated heterocycles. The van der Waals surface area contributed by atoms with E-state index in [2.05, 4.69) is 20.7 Å². The van der Waals surface area contributed by atoms with Gasteiger partial charge in [0.1, 0.15) is 5.69 Å². The number of amides is 2. The Bertz CT molecular complexity index is 1650. The van der Waals surface area contributed by atoms with E-state index in [0.29, 0.717) is 5.56 Å². The SMILES string of the molecule is CS(=O)CC(C)(C)NC(=O)c1c(NC(=O)c2cc(OCC(F)F)nn2-c2ncccc2Cl)ccc2c1S(=O)(=O)CC2. The lowest BCUT2D eigenvalue weighted by atomic mass is 10.0. The highest BCUT2D eigenvalue weighted by Crippen LogP contribution is 2.35. The summed E-state index contributed by atoms with van der Waals surface area (Å²) in [5.41, 5.74) is -1.21. The van der Waals surface area contributed by atoms with E-state index < -0.39 is 51.0 Å². The van der Waals surface area contributed by atoms with Crippen LogP contribution in [0.3, 0.4) is 0 Å². The number of benzene rings is 1. The number of aromatic nitrogens is 3. The summed E-state index contributed by atoms with van der Waals surface area (Å²) in [7, 11) is -5.13. The Morgan fingerprint density at radius 1 is 1.24 bits per heavy atom. The molecule has 0 spiro atoms. The Morgan fingerprint density at radius 2 is 1.98 bits per heavy atom. The summed E-state index contributed by atoms with van der Waals surface area (Å²) >= 11 is 6.23. The topological polar surface area (TPSA) is 149 Å². The molecule has 0 fully saturated rings. The van der Waals surface area contributed by atoms with Crippen LogP contribution in [0.15, 0.2) is 41.4 Å². The number of aryl methyl sites for hydroxylation is 1. The second-order valence-electron chi connectivity index (χ2n) is 9.85. The first-order chi connectivity index (χ1) is 19.2. The molecule has 3 heterocycles. The van der Waals surface area contributed by atoms with Gasteiger partial charge in [0.2, 0.25) is 5.88 Å². The van der Waals surface area contributed by atoms with Gasteiger partial charge in [-0.3, -0.25) is 13.8 Å². The van der Waals surface area contributed by atoms with Crippen LogP contribution < -0.4 is 15.4 Å². The highest BCUT2D eigenvalue weighted by atomic mass is 35.5. The third-order valence-corrected chi connectivity index (χ3v) is 9.15. The van der Waals surface area contributed by atoms with Crippen molar-refractivity contribution in [1.82, 2.24) is 20.1 Å². The van der Waals surface area contributed by atoms with Gasteiger partial charge in [0.25, 0.3) is 18.2 Å². The molecule has 2 aromatic heterocycles. The van der Waals surface area contributed by atoms with Crippen molar-refractivity contribution in [3.63, 3.8) is 0 Å². The largest absolute Gasteiger partial charge is 0.471 e. The van der Waals surface area contributed by atoms with Crippen molar-refractivity contribution < 1.29 is 35.7 Å². The molecule has 2 N–H and O–H groups in total. The van der Waals surface area contributed by atoms with Crippen LogP contribution in [0.5, 0.6) is 5.88 Å². The minimum atomic E-state index is -3.86. The predicted molar refractivity (Wildman–Crippen MR) is 148 cm³/mol. The number of rotatable bonds is 10. The number of fused-ring (bicyclic) bond motifs is 1. The molecule has 1 aliphatic rings. The van der Waals surface area contributed by atoms with Gasteiger partial charge in [0.05, 0.1) is 26.9 Å². The summed E-state index contributed by atoms with van der Waals surface area (Å²) in [4.78, 5) is 31.0.